The van der Waals surface area contributed by atoms with Gasteiger partial charge < -0.3 is 30.0 Å². The van der Waals surface area contributed by atoms with Gasteiger partial charge in [-0.25, -0.2) is 4.39 Å². The van der Waals surface area contributed by atoms with Gasteiger partial charge >= 0.3 is 6.29 Å². The predicted molar refractivity (Wildman–Crippen MR) is 120 cm³/mol. The lowest BCUT2D eigenvalue weighted by Crippen LogP contribution is -2.70. The fraction of sp³-hybridized carbons (Fsp3) is 0.417. The van der Waals surface area contributed by atoms with E-state index in [-0.39, 0.29) is 40.9 Å². The quantitative estimate of drug-likeness (QED) is 0.532. The molecule has 12 heteroatoms. The van der Waals surface area contributed by atoms with E-state index in [1.165, 1.54) is 30.3 Å². The number of rotatable bonds is 6. The van der Waals surface area contributed by atoms with Crippen LogP contribution < -0.4 is 24.8 Å². The van der Waals surface area contributed by atoms with Crippen molar-refractivity contribution in [1.29, 1.82) is 0 Å². The van der Waals surface area contributed by atoms with Crippen molar-refractivity contribution in [2.45, 2.75) is 55.6 Å². The number of ether oxygens (including phenoxy) is 3. The molecule has 6 rings (SSSR count). The smallest absolute Gasteiger partial charge is 0.484 e. The molecule has 2 bridgehead atoms. The number of nitrogens with one attached hydrogen (secondary N) is 2. The highest BCUT2D eigenvalue weighted by molar-refractivity contribution is 6.30. The van der Waals surface area contributed by atoms with E-state index in [1.54, 1.807) is 0 Å². The topological polar surface area (TPSA) is 106 Å². The van der Waals surface area contributed by atoms with Crippen LogP contribution in [-0.2, 0) is 4.79 Å². The van der Waals surface area contributed by atoms with E-state index >= 15 is 0 Å². The molecule has 3 N–H and O–H groups in total. The summed E-state index contributed by atoms with van der Waals surface area (Å²) in [7, 11) is 0. The number of fused-ring (bicyclic) bond motifs is 4. The minimum Gasteiger partial charge on any atom is -0.484 e. The zero-order valence-electron chi connectivity index (χ0n) is 18.8. The highest BCUT2D eigenvalue weighted by Gasteiger charge is 2.55. The average molecular weight is 527 g/mol. The maximum absolute atomic E-state index is 13.6. The Kier molecular flexibility index (Phi) is 5.95. The van der Waals surface area contributed by atoms with Gasteiger partial charge in [-0.05, 0) is 62.4 Å². The number of amides is 2. The van der Waals surface area contributed by atoms with Gasteiger partial charge in [0.1, 0.15) is 11.6 Å². The third-order valence-corrected chi connectivity index (χ3v) is 7.32. The van der Waals surface area contributed by atoms with Crippen molar-refractivity contribution in [3.05, 3.63) is 52.8 Å². The lowest BCUT2D eigenvalue weighted by molar-refractivity contribution is -0.286. The predicted octanol–water partition coefficient (Wildman–Crippen LogP) is 3.54. The zero-order valence-corrected chi connectivity index (χ0v) is 19.5. The first kappa shape index (κ1) is 24.5. The number of aliphatic hydroxyl groups is 1. The molecular formula is C24H22ClF3N2O6. The summed E-state index contributed by atoms with van der Waals surface area (Å²) in [5.74, 6) is -1.88. The Labute approximate surface area is 208 Å². The van der Waals surface area contributed by atoms with Crippen molar-refractivity contribution in [3.8, 4) is 17.2 Å². The summed E-state index contributed by atoms with van der Waals surface area (Å²) >= 11 is 5.64. The molecule has 0 radical (unpaired) electrons. The Morgan fingerprint density at radius 3 is 2.47 bits per heavy atom. The number of carbonyl (C=O) groups excluding carboxylic acids is 2. The Morgan fingerprint density at radius 1 is 1.06 bits per heavy atom. The lowest BCUT2D eigenvalue weighted by atomic mass is 9.60. The average Bonchev–Trinajstić information content (AvgIpc) is 3.14. The van der Waals surface area contributed by atoms with Crippen molar-refractivity contribution in [3.63, 3.8) is 0 Å². The molecule has 0 spiro atoms. The minimum absolute atomic E-state index is 0.0612. The monoisotopic (exact) mass is 526 g/mol. The maximum Gasteiger partial charge on any atom is 0.586 e. The zero-order chi connectivity index (χ0) is 25.7. The van der Waals surface area contributed by atoms with Crippen LogP contribution in [0.5, 0.6) is 17.2 Å². The normalized spacial score (nSPS) is 27.4. The molecule has 4 aliphatic rings. The molecule has 36 heavy (non-hydrogen) atoms. The van der Waals surface area contributed by atoms with Crippen LogP contribution in [0.2, 0.25) is 5.02 Å². The molecular weight excluding hydrogens is 505 g/mol. The molecule has 192 valence electrons. The first-order chi connectivity index (χ1) is 17.0. The standard InChI is InChI=1S/C24H22ClF3N2O6/c25-15-3-2-14(10-16(15)26)34-12-20(32)29-23-7-5-22(6-8-23,11-19(23)31)30-21(33)13-1-4-17-18(9-13)36-24(27,28)35-17/h1-4,9-10,19,31H,5-8,11-12H2,(H,29,32)(H,30,33). The second-order valence-corrected chi connectivity index (χ2v) is 9.76. The van der Waals surface area contributed by atoms with E-state index in [9.17, 15) is 27.9 Å². The van der Waals surface area contributed by atoms with Crippen LogP contribution in [0.15, 0.2) is 36.4 Å². The van der Waals surface area contributed by atoms with Crippen LogP contribution in [0, 0.1) is 5.82 Å². The Bertz CT molecular complexity index is 1220. The number of carbonyl (C=O) groups is 2. The first-order valence-corrected chi connectivity index (χ1v) is 11.7. The van der Waals surface area contributed by atoms with Crippen LogP contribution in [0.25, 0.3) is 0 Å². The molecule has 8 nitrogen and oxygen atoms in total. The van der Waals surface area contributed by atoms with Crippen molar-refractivity contribution in [1.82, 2.24) is 10.6 Å². The maximum atomic E-state index is 13.6. The Balaban J connectivity index is 1.18. The van der Waals surface area contributed by atoms with E-state index in [1.807, 2.05) is 0 Å². The molecule has 1 unspecified atom stereocenters. The van der Waals surface area contributed by atoms with Gasteiger partial charge in [-0.1, -0.05) is 11.6 Å². The number of aliphatic hydroxyl groups excluding tert-OH is 1. The SMILES string of the molecule is O=C(COc1ccc(Cl)c(F)c1)NC12CCC(NC(=O)c3ccc4c(c3)OC(F)(F)O4)(CC1)CC2O. The number of benzene rings is 2. The molecule has 0 saturated heterocycles. The lowest BCUT2D eigenvalue weighted by Gasteiger charge is -2.56. The van der Waals surface area contributed by atoms with E-state index in [0.29, 0.717) is 25.7 Å². The molecule has 2 aromatic rings. The van der Waals surface area contributed by atoms with Crippen LogP contribution >= 0.6 is 11.6 Å². The van der Waals surface area contributed by atoms with Gasteiger partial charge in [0, 0.05) is 17.2 Å². The van der Waals surface area contributed by atoms with Gasteiger partial charge in [-0.2, -0.15) is 0 Å². The molecule has 1 heterocycles. The summed E-state index contributed by atoms with van der Waals surface area (Å²) in [6.45, 7) is -0.374. The van der Waals surface area contributed by atoms with E-state index in [0.717, 1.165) is 6.07 Å². The third-order valence-electron chi connectivity index (χ3n) is 7.01. The summed E-state index contributed by atoms with van der Waals surface area (Å²) in [6.07, 6.45) is -2.73. The molecule has 2 amide bonds. The van der Waals surface area contributed by atoms with Crippen molar-refractivity contribution >= 4 is 23.4 Å². The van der Waals surface area contributed by atoms with Gasteiger partial charge in [0.05, 0.1) is 16.7 Å². The van der Waals surface area contributed by atoms with Crippen molar-refractivity contribution in [2.24, 2.45) is 0 Å². The first-order valence-electron chi connectivity index (χ1n) is 11.3. The van der Waals surface area contributed by atoms with Gasteiger partial charge in [-0.15, -0.1) is 8.78 Å². The van der Waals surface area contributed by atoms with E-state index < -0.39 is 41.1 Å². The van der Waals surface area contributed by atoms with Gasteiger partial charge in [0.25, 0.3) is 11.8 Å². The molecule has 0 aromatic heterocycles. The molecule has 3 saturated carbocycles. The highest BCUT2D eigenvalue weighted by atomic mass is 35.5. The molecule has 1 atom stereocenters. The van der Waals surface area contributed by atoms with E-state index in [2.05, 4.69) is 20.1 Å². The minimum atomic E-state index is -3.78. The van der Waals surface area contributed by atoms with Crippen LogP contribution in [0.3, 0.4) is 0 Å². The number of hydrogen-bond donors (Lipinski definition) is 3. The Morgan fingerprint density at radius 2 is 1.78 bits per heavy atom. The highest BCUT2D eigenvalue weighted by Crippen LogP contribution is 2.47. The van der Waals surface area contributed by atoms with Crippen LogP contribution in [0.4, 0.5) is 13.2 Å². The molecule has 2 aromatic carbocycles. The van der Waals surface area contributed by atoms with Crippen molar-refractivity contribution in [2.75, 3.05) is 6.61 Å². The Hall–Kier alpha value is -3.18. The van der Waals surface area contributed by atoms with E-state index in [4.69, 9.17) is 16.3 Å². The third kappa shape index (κ3) is 4.64. The van der Waals surface area contributed by atoms with Gasteiger partial charge in [-0.3, -0.25) is 9.59 Å². The number of halogens is 4. The summed E-state index contributed by atoms with van der Waals surface area (Å²) in [5.41, 5.74) is -1.46. The largest absolute Gasteiger partial charge is 0.586 e. The summed E-state index contributed by atoms with van der Waals surface area (Å²) in [5, 5.41) is 16.6. The van der Waals surface area contributed by atoms with Crippen LogP contribution in [-0.4, -0.2) is 47.0 Å². The molecule has 1 aliphatic heterocycles. The van der Waals surface area contributed by atoms with Gasteiger partial charge in [0.15, 0.2) is 18.1 Å². The van der Waals surface area contributed by atoms with Gasteiger partial charge in [0.2, 0.25) is 0 Å². The van der Waals surface area contributed by atoms with Crippen molar-refractivity contribution < 1.29 is 42.1 Å². The fourth-order valence-corrected chi connectivity index (χ4v) is 5.21. The summed E-state index contributed by atoms with van der Waals surface area (Å²) < 4.78 is 54.2. The number of hydrogen-bond acceptors (Lipinski definition) is 6. The fourth-order valence-electron chi connectivity index (χ4n) is 5.09. The van der Waals surface area contributed by atoms with Crippen LogP contribution in [0.1, 0.15) is 42.5 Å². The summed E-state index contributed by atoms with van der Waals surface area (Å²) in [4.78, 5) is 25.4. The molecule has 3 aliphatic carbocycles. The molecule has 3 fully saturated rings. The second kappa shape index (κ2) is 8.74. The summed E-state index contributed by atoms with van der Waals surface area (Å²) in [6, 6.07) is 7.61. The number of alkyl halides is 2. The second-order valence-electron chi connectivity index (χ2n) is 9.35.